The highest BCUT2D eigenvalue weighted by Gasteiger charge is 2.33. The van der Waals surface area contributed by atoms with Crippen LogP contribution in [0.5, 0.6) is 0 Å². The van der Waals surface area contributed by atoms with E-state index >= 15 is 0 Å². The van der Waals surface area contributed by atoms with Gasteiger partial charge in [0.25, 0.3) is 0 Å². The number of nitrogens with one attached hydrogen (secondary N) is 4. The Morgan fingerprint density at radius 2 is 1.45 bits per heavy atom. The zero-order chi connectivity index (χ0) is 32.8. The zero-order valence-corrected chi connectivity index (χ0v) is 26.6. The molecule has 244 valence electrons. The monoisotopic (exact) mass is 634 g/mol. The van der Waals surface area contributed by atoms with E-state index in [2.05, 4.69) is 21.3 Å². The van der Waals surface area contributed by atoms with Crippen molar-refractivity contribution in [3.8, 4) is 0 Å². The largest absolute Gasteiger partial charge is 0.453 e. The zero-order valence-electron chi connectivity index (χ0n) is 26.6. The smallest absolute Gasteiger partial charge is 0.407 e. The van der Waals surface area contributed by atoms with Crippen LogP contribution in [0.2, 0.25) is 0 Å². The van der Waals surface area contributed by atoms with E-state index in [1.807, 2.05) is 115 Å². The van der Waals surface area contributed by atoms with E-state index < -0.39 is 24.1 Å². The van der Waals surface area contributed by atoms with Gasteiger partial charge in [-0.2, -0.15) is 0 Å². The second-order valence-corrected chi connectivity index (χ2v) is 11.5. The quantitative estimate of drug-likeness (QED) is 0.167. The summed E-state index contributed by atoms with van der Waals surface area (Å²) >= 11 is 0. The first-order chi connectivity index (χ1) is 23.0. The van der Waals surface area contributed by atoms with Gasteiger partial charge in [0.1, 0.15) is 12.1 Å². The number of carbonyl (C=O) groups is 3. The van der Waals surface area contributed by atoms with E-state index in [1.54, 1.807) is 0 Å². The maximum atomic E-state index is 14.0. The lowest BCUT2D eigenvalue weighted by molar-refractivity contribution is -0.127. The van der Waals surface area contributed by atoms with Crippen molar-refractivity contribution in [2.24, 2.45) is 0 Å². The van der Waals surface area contributed by atoms with Crippen LogP contribution >= 0.6 is 0 Å². The van der Waals surface area contributed by atoms with E-state index in [0.717, 1.165) is 23.1 Å². The molecule has 4 aromatic rings. The van der Waals surface area contributed by atoms with Gasteiger partial charge >= 0.3 is 6.09 Å². The second-order valence-electron chi connectivity index (χ2n) is 11.5. The molecule has 1 unspecified atom stereocenters. The molecule has 1 aliphatic rings. The molecular weight excluding hydrogens is 592 g/mol. The molecule has 47 heavy (non-hydrogen) atoms. The Balaban J connectivity index is 1.20. The molecule has 0 saturated carbocycles. The first kappa shape index (κ1) is 33.4. The van der Waals surface area contributed by atoms with E-state index in [4.69, 9.17) is 9.47 Å². The lowest BCUT2D eigenvalue weighted by Crippen LogP contribution is -2.54. The number of alkyl carbamates (subject to hydrolysis) is 1. The molecule has 3 amide bonds. The van der Waals surface area contributed by atoms with Crippen molar-refractivity contribution in [2.45, 2.75) is 43.4 Å². The number of benzene rings is 4. The number of morpholine rings is 1. The predicted octanol–water partition coefficient (Wildman–Crippen LogP) is 4.83. The van der Waals surface area contributed by atoms with Gasteiger partial charge in [0.2, 0.25) is 11.8 Å². The van der Waals surface area contributed by atoms with E-state index in [-0.39, 0.29) is 17.9 Å². The summed E-state index contributed by atoms with van der Waals surface area (Å²) in [6, 6.07) is 35.6. The third-order valence-corrected chi connectivity index (χ3v) is 8.37. The fourth-order valence-electron chi connectivity index (χ4n) is 5.85. The fourth-order valence-corrected chi connectivity index (χ4v) is 5.85. The summed E-state index contributed by atoms with van der Waals surface area (Å²) in [5, 5.41) is 12.2. The Labute approximate surface area is 276 Å². The standard InChI is InChI=1S/C38H42N4O5/c1-46-38(45)42-35(34(29-16-7-3-8-17-29)30-18-9-4-10-19-30)37(44)41-32-20-12-11-15-28(32)21-22-31-25-40-33(26-47-31)36(43)39-24-23-27-13-5-2-6-14-27/h2-20,31,33-35,40H,21-26H2,1H3,(H,39,43)(H,41,44)(H,42,45)/t31-,33+,35?/m1/s1. The molecule has 0 bridgehead atoms. The maximum Gasteiger partial charge on any atom is 0.407 e. The molecular formula is C38H42N4O5. The predicted molar refractivity (Wildman–Crippen MR) is 182 cm³/mol. The van der Waals surface area contributed by atoms with Gasteiger partial charge < -0.3 is 30.7 Å². The number of ether oxygens (including phenoxy) is 2. The van der Waals surface area contributed by atoms with Crippen molar-refractivity contribution < 1.29 is 23.9 Å². The average molecular weight is 635 g/mol. The Morgan fingerprint density at radius 1 is 0.830 bits per heavy atom. The minimum Gasteiger partial charge on any atom is -0.453 e. The van der Waals surface area contributed by atoms with Crippen LogP contribution in [0.15, 0.2) is 115 Å². The molecule has 5 rings (SSSR count). The summed E-state index contributed by atoms with van der Waals surface area (Å²) < 4.78 is 11.0. The minimum absolute atomic E-state index is 0.0631. The van der Waals surface area contributed by atoms with Crippen molar-refractivity contribution in [3.63, 3.8) is 0 Å². The molecule has 3 atom stereocenters. The van der Waals surface area contributed by atoms with Gasteiger partial charge in [-0.15, -0.1) is 0 Å². The number of amides is 3. The van der Waals surface area contributed by atoms with Gasteiger partial charge in [-0.25, -0.2) is 4.79 Å². The number of methoxy groups -OCH3 is 1. The topological polar surface area (TPSA) is 118 Å². The number of hydrogen-bond donors (Lipinski definition) is 4. The minimum atomic E-state index is -0.957. The molecule has 1 saturated heterocycles. The van der Waals surface area contributed by atoms with Crippen molar-refractivity contribution in [1.29, 1.82) is 0 Å². The molecule has 4 N–H and O–H groups in total. The van der Waals surface area contributed by atoms with Crippen LogP contribution in [-0.4, -0.2) is 62.9 Å². The molecule has 0 spiro atoms. The SMILES string of the molecule is COC(=O)NC(C(=O)Nc1ccccc1CC[C@@H]1CN[C@H](C(=O)NCCc2ccccc2)CO1)C(c1ccccc1)c1ccccc1. The van der Waals surface area contributed by atoms with Crippen LogP contribution in [0.3, 0.4) is 0 Å². The molecule has 9 nitrogen and oxygen atoms in total. The summed E-state index contributed by atoms with van der Waals surface area (Å²) in [5.74, 6) is -0.891. The van der Waals surface area contributed by atoms with Crippen LogP contribution in [0, 0.1) is 0 Å². The number of carbonyl (C=O) groups excluding carboxylic acids is 3. The highest BCUT2D eigenvalue weighted by Crippen LogP contribution is 2.30. The summed E-state index contributed by atoms with van der Waals surface area (Å²) in [4.78, 5) is 39.2. The fraction of sp³-hybridized carbons (Fsp3) is 0.289. The molecule has 4 aromatic carbocycles. The van der Waals surface area contributed by atoms with Gasteiger partial charge in [0.05, 0.1) is 19.8 Å². The molecule has 9 heteroatoms. The van der Waals surface area contributed by atoms with Crippen molar-refractivity contribution >= 4 is 23.6 Å². The van der Waals surface area contributed by atoms with Crippen LogP contribution in [0.25, 0.3) is 0 Å². The molecule has 0 aliphatic carbocycles. The van der Waals surface area contributed by atoms with E-state index in [0.29, 0.717) is 38.2 Å². The third-order valence-electron chi connectivity index (χ3n) is 8.37. The number of anilines is 1. The molecule has 1 heterocycles. The summed E-state index contributed by atoms with van der Waals surface area (Å²) in [6.45, 7) is 1.41. The number of aryl methyl sites for hydroxylation is 1. The summed E-state index contributed by atoms with van der Waals surface area (Å²) in [6.07, 6.45) is 1.34. The summed E-state index contributed by atoms with van der Waals surface area (Å²) in [5.41, 5.74) is 4.55. The van der Waals surface area contributed by atoms with Gasteiger partial charge in [-0.1, -0.05) is 109 Å². The molecule has 1 fully saturated rings. The lowest BCUT2D eigenvalue weighted by atomic mass is 9.84. The third kappa shape index (κ3) is 9.51. The van der Waals surface area contributed by atoms with Gasteiger partial charge in [-0.05, 0) is 47.6 Å². The molecule has 1 aliphatic heterocycles. The highest BCUT2D eigenvalue weighted by atomic mass is 16.5. The Morgan fingerprint density at radius 3 is 2.06 bits per heavy atom. The first-order valence-electron chi connectivity index (χ1n) is 16.0. The van der Waals surface area contributed by atoms with Crippen LogP contribution in [-0.2, 0) is 31.9 Å². The van der Waals surface area contributed by atoms with Gasteiger partial charge in [0.15, 0.2) is 0 Å². The number of rotatable bonds is 13. The van der Waals surface area contributed by atoms with E-state index in [9.17, 15) is 14.4 Å². The van der Waals surface area contributed by atoms with Crippen molar-refractivity contribution in [3.05, 3.63) is 138 Å². The van der Waals surface area contributed by atoms with Gasteiger partial charge in [0, 0.05) is 24.7 Å². The van der Waals surface area contributed by atoms with Crippen LogP contribution in [0.1, 0.15) is 34.6 Å². The molecule has 0 radical (unpaired) electrons. The highest BCUT2D eigenvalue weighted by molar-refractivity contribution is 5.98. The Bertz CT molecular complexity index is 1540. The number of hydrogen-bond acceptors (Lipinski definition) is 6. The lowest BCUT2D eigenvalue weighted by Gasteiger charge is -2.30. The Hall–Kier alpha value is -4.99. The van der Waals surface area contributed by atoms with Crippen molar-refractivity contribution in [1.82, 2.24) is 16.0 Å². The maximum absolute atomic E-state index is 14.0. The number of para-hydroxylation sites is 1. The second kappa shape index (κ2) is 17.1. The van der Waals surface area contributed by atoms with Crippen LogP contribution < -0.4 is 21.3 Å². The van der Waals surface area contributed by atoms with Crippen molar-refractivity contribution in [2.75, 3.05) is 32.1 Å². The van der Waals surface area contributed by atoms with E-state index in [1.165, 1.54) is 12.7 Å². The van der Waals surface area contributed by atoms with Gasteiger partial charge in [-0.3, -0.25) is 9.59 Å². The molecule has 0 aromatic heterocycles. The van der Waals surface area contributed by atoms with Crippen LogP contribution in [0.4, 0.5) is 10.5 Å². The normalized spacial score (nSPS) is 16.6. The summed E-state index contributed by atoms with van der Waals surface area (Å²) in [7, 11) is 1.28. The Kier molecular flexibility index (Phi) is 12.1. The average Bonchev–Trinajstić information content (AvgIpc) is 3.12. The first-order valence-corrected chi connectivity index (χ1v) is 16.0.